The first kappa shape index (κ1) is 509. The molecule has 0 atom stereocenters. The Balaban J connectivity index is -0.000000000139. The monoisotopic (exact) mass is 202 g/mol. The summed E-state index contributed by atoms with van der Waals surface area (Å²) in [4.78, 5) is 0. The quantitative estimate of drug-likeness (QED) is 0.219. The van der Waals surface area contributed by atoms with Gasteiger partial charge in [0, 0.05) is 0 Å². The molecule has 0 saturated carbocycles. The first-order chi connectivity index (χ1) is 1.00. The normalized spacial score (nSPS) is 0.545. The minimum absolute atomic E-state index is 0. The van der Waals surface area contributed by atoms with E-state index in [1.54, 1.807) is 0 Å². The molecule has 18 N–H and O–H groups in total. The van der Waals surface area contributed by atoms with Crippen molar-refractivity contribution in [1.29, 1.82) is 0 Å². The van der Waals surface area contributed by atoms with E-state index >= 15 is 0 Å². The van der Waals surface area contributed by atoms with Crippen molar-refractivity contribution in [1.82, 2.24) is 0 Å². The average molecular weight is 202 g/mol. The van der Waals surface area contributed by atoms with Gasteiger partial charge in [-0.1, -0.05) is 0 Å². The molecule has 0 fully saturated rings. The van der Waals surface area contributed by atoms with E-state index in [2.05, 4.69) is 0 Å². The van der Waals surface area contributed by atoms with Crippen molar-refractivity contribution in [3.8, 4) is 0 Å². The van der Waals surface area contributed by atoms with E-state index in [1.807, 2.05) is 0 Å². The van der Waals surface area contributed by atoms with Crippen LogP contribution in [0.15, 0.2) is 0 Å². The molecular weight excluding hydrogens is 183 g/mol. The molecule has 80 valence electrons. The van der Waals surface area contributed by atoms with Crippen LogP contribution in [0.2, 0.25) is 0 Å². The molecule has 0 rings (SSSR count). The zero-order chi connectivity index (χ0) is 2.00. The molecule has 0 aliphatic carbocycles. The Morgan fingerprint density at radius 3 is 0.364 bits per heavy atom. The number of hydrogen-bond acceptors (Lipinski definition) is 2. The van der Waals surface area contributed by atoms with Crippen LogP contribution in [-0.2, 0) is 0 Å². The molecule has 11 heteroatoms. The molecule has 0 aromatic heterocycles. The summed E-state index contributed by atoms with van der Waals surface area (Å²) in [6, 6.07) is 0. The summed E-state index contributed by atoms with van der Waals surface area (Å²) in [5.41, 5.74) is 0. The average Bonchev–Trinajstić information content (AvgIpc) is 1.00. The van der Waals surface area contributed by atoms with Gasteiger partial charge in [0.05, 0.1) is 0 Å². The summed E-state index contributed by atoms with van der Waals surface area (Å²) in [6.45, 7) is 0. The van der Waals surface area contributed by atoms with E-state index in [1.165, 1.54) is 0 Å². The van der Waals surface area contributed by atoms with Gasteiger partial charge in [-0.05, 0) is 0 Å². The topological polar surface area (TPSA) is 292 Å². The molecule has 0 amide bonds. The summed E-state index contributed by atoms with van der Waals surface area (Å²) in [5.74, 6) is 0. The number of rotatable bonds is 0. The molecule has 0 spiro atoms. The van der Waals surface area contributed by atoms with Crippen molar-refractivity contribution in [3.63, 3.8) is 0 Å². The second kappa shape index (κ2) is 2710. The van der Waals surface area contributed by atoms with E-state index in [4.69, 9.17) is 10.5 Å². The van der Waals surface area contributed by atoms with Crippen LogP contribution in [0.3, 0.4) is 0 Å². The van der Waals surface area contributed by atoms with Gasteiger partial charge in [-0.2, -0.15) is 0 Å². The SMILES string of the molecule is O.O.O.O.O.O.O.O.OO.[NaH]. The third kappa shape index (κ3) is 2180. The van der Waals surface area contributed by atoms with E-state index in [9.17, 15) is 0 Å². The fourth-order valence-corrected chi connectivity index (χ4v) is 0. The zero-order valence-corrected chi connectivity index (χ0v) is 4.89. The Morgan fingerprint density at radius 1 is 0.364 bits per heavy atom. The predicted octanol–water partition coefficient (Wildman–Crippen LogP) is -7.23. The van der Waals surface area contributed by atoms with Crippen LogP contribution in [0.4, 0.5) is 0 Å². The fraction of sp³-hybridized carbons (Fsp3) is 0. The molecular formula is H19NaO10. The van der Waals surface area contributed by atoms with Crippen LogP contribution in [0.25, 0.3) is 0 Å². The maximum absolute atomic E-state index is 6.00. The van der Waals surface area contributed by atoms with Gasteiger partial charge in [0.1, 0.15) is 0 Å². The Morgan fingerprint density at radius 2 is 0.364 bits per heavy atom. The zero-order valence-electron chi connectivity index (χ0n) is 4.89. The first-order valence-corrected chi connectivity index (χ1v) is 0.200. The van der Waals surface area contributed by atoms with Crippen LogP contribution in [-0.4, -0.2) is 83.9 Å². The summed E-state index contributed by atoms with van der Waals surface area (Å²) >= 11 is 0. The molecule has 0 radical (unpaired) electrons. The maximum atomic E-state index is 6.00. The van der Waals surface area contributed by atoms with Crippen molar-refractivity contribution < 1.29 is 54.3 Å². The van der Waals surface area contributed by atoms with Crippen molar-refractivity contribution in [2.24, 2.45) is 0 Å². The van der Waals surface area contributed by atoms with Crippen molar-refractivity contribution >= 4 is 29.6 Å². The van der Waals surface area contributed by atoms with Gasteiger partial charge in [-0.15, -0.1) is 0 Å². The second-order valence-electron chi connectivity index (χ2n) is 0. The summed E-state index contributed by atoms with van der Waals surface area (Å²) < 4.78 is 0. The minimum atomic E-state index is 0. The Bertz CT molecular complexity index is 4.83. The standard InChI is InChI=1S/Na.H2O2.8H2O.H/c;1-2;;;;;;;;;/h;1-2H;8*1H2;. The molecule has 0 aromatic carbocycles. The van der Waals surface area contributed by atoms with Crippen LogP contribution >= 0.6 is 0 Å². The van der Waals surface area contributed by atoms with Crippen molar-refractivity contribution in [3.05, 3.63) is 0 Å². The molecule has 10 nitrogen and oxygen atoms in total. The van der Waals surface area contributed by atoms with Gasteiger partial charge < -0.3 is 43.8 Å². The van der Waals surface area contributed by atoms with Gasteiger partial charge in [0.2, 0.25) is 0 Å². The molecule has 0 aromatic rings. The third-order valence-corrected chi connectivity index (χ3v) is 0. The van der Waals surface area contributed by atoms with Crippen LogP contribution in [0.1, 0.15) is 0 Å². The molecule has 0 aliphatic rings. The summed E-state index contributed by atoms with van der Waals surface area (Å²) in [7, 11) is 0. The van der Waals surface area contributed by atoms with Crippen molar-refractivity contribution in [2.45, 2.75) is 0 Å². The second-order valence-corrected chi connectivity index (χ2v) is 0. The Hall–Kier alpha value is 0.600. The van der Waals surface area contributed by atoms with E-state index in [0.717, 1.165) is 0 Å². The fourth-order valence-electron chi connectivity index (χ4n) is 0. The van der Waals surface area contributed by atoms with E-state index < -0.39 is 0 Å². The molecule has 0 bridgehead atoms. The summed E-state index contributed by atoms with van der Waals surface area (Å²) in [5, 5.41) is 12.0. The molecule has 11 heavy (non-hydrogen) atoms. The van der Waals surface area contributed by atoms with Gasteiger partial charge in [-0.3, -0.25) is 10.5 Å². The van der Waals surface area contributed by atoms with Gasteiger partial charge in [0.25, 0.3) is 0 Å². The van der Waals surface area contributed by atoms with Crippen LogP contribution < -0.4 is 0 Å². The van der Waals surface area contributed by atoms with Crippen LogP contribution in [0, 0.1) is 0 Å². The Labute approximate surface area is 84.2 Å². The molecule has 0 heterocycles. The van der Waals surface area contributed by atoms with E-state index in [0.29, 0.717) is 0 Å². The van der Waals surface area contributed by atoms with E-state index in [-0.39, 0.29) is 73.4 Å². The summed E-state index contributed by atoms with van der Waals surface area (Å²) in [6.07, 6.45) is 0. The van der Waals surface area contributed by atoms with Gasteiger partial charge in [0.15, 0.2) is 0 Å². The first-order valence-electron chi connectivity index (χ1n) is 0.200. The molecule has 0 unspecified atom stereocenters. The van der Waals surface area contributed by atoms with Gasteiger partial charge in [-0.25, -0.2) is 0 Å². The van der Waals surface area contributed by atoms with Crippen molar-refractivity contribution in [2.75, 3.05) is 0 Å². The predicted molar refractivity (Wildman–Crippen MR) is 41.3 cm³/mol. The molecule has 0 saturated heterocycles. The molecule has 0 aliphatic heterocycles. The third-order valence-electron chi connectivity index (χ3n) is 0. The van der Waals surface area contributed by atoms with Crippen LogP contribution in [0.5, 0.6) is 0 Å². The number of hydrogen-bond donors (Lipinski definition) is 2. The Kier molecular flexibility index (Phi) is 126000. The van der Waals surface area contributed by atoms with Gasteiger partial charge >= 0.3 is 29.6 Å².